The highest BCUT2D eigenvalue weighted by Gasteiger charge is 2.12. The quantitative estimate of drug-likeness (QED) is 0.854. The minimum absolute atomic E-state index is 0.269. The van der Waals surface area contributed by atoms with Crippen molar-refractivity contribution >= 4 is 31.9 Å². The van der Waals surface area contributed by atoms with E-state index >= 15 is 0 Å². The van der Waals surface area contributed by atoms with Gasteiger partial charge in [-0.2, -0.15) is 10.1 Å². The van der Waals surface area contributed by atoms with Crippen molar-refractivity contribution in [3.63, 3.8) is 0 Å². The van der Waals surface area contributed by atoms with Crippen molar-refractivity contribution in [1.29, 1.82) is 0 Å². The molecule has 0 saturated heterocycles. The molecule has 0 radical (unpaired) electrons. The minimum atomic E-state index is 0.269. The number of halogens is 2. The van der Waals surface area contributed by atoms with E-state index in [0.717, 1.165) is 15.0 Å². The van der Waals surface area contributed by atoms with E-state index in [-0.39, 0.29) is 5.92 Å². The van der Waals surface area contributed by atoms with Gasteiger partial charge >= 0.3 is 0 Å². The van der Waals surface area contributed by atoms with Gasteiger partial charge in [-0.1, -0.05) is 19.0 Å². The van der Waals surface area contributed by atoms with E-state index in [4.69, 9.17) is 4.52 Å². The van der Waals surface area contributed by atoms with Gasteiger partial charge in [-0.3, -0.25) is 0 Å². The molecule has 0 aliphatic heterocycles. The Bertz CT molecular complexity index is 491. The fourth-order valence-electron chi connectivity index (χ4n) is 1.17. The SMILES string of the molecule is CC(C)c1noc(Cn2nc(Br)cc2Br)n1. The summed E-state index contributed by atoms with van der Waals surface area (Å²) in [6.45, 7) is 4.51. The molecule has 0 atom stereocenters. The third kappa shape index (κ3) is 2.52. The molecule has 0 aromatic carbocycles. The number of rotatable bonds is 3. The van der Waals surface area contributed by atoms with Crippen LogP contribution < -0.4 is 0 Å². The monoisotopic (exact) mass is 348 g/mol. The van der Waals surface area contributed by atoms with Crippen LogP contribution in [-0.4, -0.2) is 19.9 Å². The number of hydrogen-bond acceptors (Lipinski definition) is 4. The van der Waals surface area contributed by atoms with Crippen LogP contribution in [0.4, 0.5) is 0 Å². The maximum absolute atomic E-state index is 5.14. The molecule has 0 fully saturated rings. The van der Waals surface area contributed by atoms with Crippen molar-refractivity contribution < 1.29 is 4.52 Å². The van der Waals surface area contributed by atoms with Crippen LogP contribution in [-0.2, 0) is 6.54 Å². The van der Waals surface area contributed by atoms with Crippen molar-refractivity contribution in [1.82, 2.24) is 19.9 Å². The topological polar surface area (TPSA) is 56.7 Å². The Labute approximate surface area is 109 Å². The number of hydrogen-bond donors (Lipinski definition) is 0. The van der Waals surface area contributed by atoms with Gasteiger partial charge in [-0.25, -0.2) is 4.68 Å². The Morgan fingerprint density at radius 3 is 2.69 bits per heavy atom. The van der Waals surface area contributed by atoms with E-state index in [1.807, 2.05) is 19.9 Å². The Hall–Kier alpha value is -0.690. The molecule has 0 aliphatic rings. The zero-order chi connectivity index (χ0) is 11.7. The number of aromatic nitrogens is 4. The van der Waals surface area contributed by atoms with Gasteiger partial charge in [0.15, 0.2) is 5.82 Å². The lowest BCUT2D eigenvalue weighted by Gasteiger charge is -1.97. The highest BCUT2D eigenvalue weighted by Crippen LogP contribution is 2.18. The molecule has 86 valence electrons. The minimum Gasteiger partial charge on any atom is -0.337 e. The van der Waals surface area contributed by atoms with Crippen molar-refractivity contribution in [2.45, 2.75) is 26.3 Å². The Morgan fingerprint density at radius 1 is 1.44 bits per heavy atom. The van der Waals surface area contributed by atoms with Crippen molar-refractivity contribution in [3.8, 4) is 0 Å². The Morgan fingerprint density at radius 2 is 2.19 bits per heavy atom. The van der Waals surface area contributed by atoms with Crippen LogP contribution in [0.15, 0.2) is 19.8 Å². The molecule has 0 N–H and O–H groups in total. The van der Waals surface area contributed by atoms with Crippen LogP contribution in [0, 0.1) is 0 Å². The first-order valence-corrected chi connectivity index (χ1v) is 6.36. The fraction of sp³-hybridized carbons (Fsp3) is 0.444. The van der Waals surface area contributed by atoms with Crippen molar-refractivity contribution in [2.75, 3.05) is 0 Å². The van der Waals surface area contributed by atoms with Crippen LogP contribution >= 0.6 is 31.9 Å². The van der Waals surface area contributed by atoms with Gasteiger partial charge in [0.2, 0.25) is 5.89 Å². The van der Waals surface area contributed by atoms with Crippen molar-refractivity contribution in [3.05, 3.63) is 27.0 Å². The van der Waals surface area contributed by atoms with Gasteiger partial charge in [0, 0.05) is 12.0 Å². The molecule has 0 unspecified atom stereocenters. The summed E-state index contributed by atoms with van der Waals surface area (Å²) < 4.78 is 8.51. The maximum atomic E-state index is 5.14. The molecule has 2 aromatic rings. The molecule has 0 spiro atoms. The highest BCUT2D eigenvalue weighted by atomic mass is 79.9. The predicted molar refractivity (Wildman–Crippen MR) is 65.1 cm³/mol. The van der Waals surface area contributed by atoms with Gasteiger partial charge < -0.3 is 4.52 Å². The third-order valence-electron chi connectivity index (χ3n) is 1.99. The average Bonchev–Trinajstić information content (AvgIpc) is 2.75. The largest absolute Gasteiger partial charge is 0.337 e. The van der Waals surface area contributed by atoms with E-state index in [9.17, 15) is 0 Å². The number of nitrogens with zero attached hydrogens (tertiary/aromatic N) is 4. The Kier molecular flexibility index (Phi) is 3.44. The summed E-state index contributed by atoms with van der Waals surface area (Å²) in [5.74, 6) is 1.54. The summed E-state index contributed by atoms with van der Waals surface area (Å²) in [5, 5.41) is 8.11. The van der Waals surface area contributed by atoms with Crippen LogP contribution in [0.3, 0.4) is 0 Å². The second-order valence-corrected chi connectivity index (χ2v) is 5.27. The highest BCUT2D eigenvalue weighted by molar-refractivity contribution is 9.11. The van der Waals surface area contributed by atoms with E-state index in [2.05, 4.69) is 47.1 Å². The van der Waals surface area contributed by atoms with E-state index in [1.54, 1.807) is 4.68 Å². The molecule has 16 heavy (non-hydrogen) atoms. The molecule has 2 aromatic heterocycles. The molecular formula is C9H10Br2N4O. The van der Waals surface area contributed by atoms with Gasteiger partial charge in [0.1, 0.15) is 15.8 Å². The predicted octanol–water partition coefficient (Wildman–Crippen LogP) is 2.96. The van der Waals surface area contributed by atoms with Gasteiger partial charge in [-0.15, -0.1) is 0 Å². The standard InChI is InChI=1S/C9H10Br2N4O/c1-5(2)9-12-8(16-14-9)4-15-7(11)3-6(10)13-15/h3,5H,4H2,1-2H3. The van der Waals surface area contributed by atoms with E-state index in [0.29, 0.717) is 12.4 Å². The zero-order valence-corrected chi connectivity index (χ0v) is 12.0. The zero-order valence-electron chi connectivity index (χ0n) is 8.81. The van der Waals surface area contributed by atoms with Gasteiger partial charge in [0.05, 0.1) is 0 Å². The first-order chi connectivity index (χ1) is 7.56. The molecule has 0 amide bonds. The first kappa shape index (κ1) is 11.8. The normalized spacial score (nSPS) is 11.3. The Balaban J connectivity index is 2.17. The molecule has 7 heteroatoms. The fourth-order valence-corrected chi connectivity index (χ4v) is 2.31. The van der Waals surface area contributed by atoms with E-state index < -0.39 is 0 Å². The molecule has 2 rings (SSSR count). The summed E-state index contributed by atoms with van der Waals surface area (Å²) in [6, 6.07) is 1.86. The van der Waals surface area contributed by atoms with Gasteiger partial charge in [0.25, 0.3) is 0 Å². The molecular weight excluding hydrogens is 340 g/mol. The van der Waals surface area contributed by atoms with Crippen LogP contribution in [0.25, 0.3) is 0 Å². The first-order valence-electron chi connectivity index (χ1n) is 4.77. The lowest BCUT2D eigenvalue weighted by atomic mass is 10.2. The molecule has 0 aliphatic carbocycles. The van der Waals surface area contributed by atoms with Crippen LogP contribution in [0.5, 0.6) is 0 Å². The summed E-state index contributed by atoms with van der Waals surface area (Å²) in [6.07, 6.45) is 0. The summed E-state index contributed by atoms with van der Waals surface area (Å²) in [4.78, 5) is 4.28. The molecule has 2 heterocycles. The van der Waals surface area contributed by atoms with Gasteiger partial charge in [-0.05, 0) is 31.9 Å². The lowest BCUT2D eigenvalue weighted by molar-refractivity contribution is 0.358. The summed E-state index contributed by atoms with van der Waals surface area (Å²) in [5.41, 5.74) is 0. The van der Waals surface area contributed by atoms with Crippen molar-refractivity contribution in [2.24, 2.45) is 0 Å². The van der Waals surface area contributed by atoms with Crippen LogP contribution in [0.1, 0.15) is 31.5 Å². The second-order valence-electron chi connectivity index (χ2n) is 3.65. The molecule has 0 saturated carbocycles. The third-order valence-corrected chi connectivity index (χ3v) is 3.01. The molecule has 5 nitrogen and oxygen atoms in total. The summed E-state index contributed by atoms with van der Waals surface area (Å²) >= 11 is 6.69. The average molecular weight is 350 g/mol. The van der Waals surface area contributed by atoms with Crippen LogP contribution in [0.2, 0.25) is 0 Å². The summed E-state index contributed by atoms with van der Waals surface area (Å²) in [7, 11) is 0. The molecule has 0 bridgehead atoms. The second kappa shape index (κ2) is 4.67. The maximum Gasteiger partial charge on any atom is 0.248 e. The smallest absolute Gasteiger partial charge is 0.248 e. The van der Waals surface area contributed by atoms with E-state index in [1.165, 1.54) is 0 Å². The lowest BCUT2D eigenvalue weighted by Crippen LogP contribution is -2.02.